The number of carbonyl (C=O) groups excluding carboxylic acids is 1. The van der Waals surface area contributed by atoms with Gasteiger partial charge in [-0.25, -0.2) is 0 Å². The van der Waals surface area contributed by atoms with Gasteiger partial charge < -0.3 is 29.6 Å². The first-order chi connectivity index (χ1) is 17.5. The van der Waals surface area contributed by atoms with Gasteiger partial charge in [0.05, 0.1) is 17.8 Å². The summed E-state index contributed by atoms with van der Waals surface area (Å²) in [5.74, 6) is -0.188. The number of hydrogen-bond acceptors (Lipinski definition) is 5. The van der Waals surface area contributed by atoms with Crippen molar-refractivity contribution < 1.29 is 14.3 Å². The number of nitrogens with zero attached hydrogens (tertiary/aromatic N) is 3. The molecule has 4 heterocycles. The molecule has 2 aromatic heterocycles. The van der Waals surface area contributed by atoms with Crippen LogP contribution >= 0.6 is 12.2 Å². The number of aryl methyl sites for hydroxylation is 1. The minimum atomic E-state index is -0.188. The van der Waals surface area contributed by atoms with E-state index in [1.54, 1.807) is 0 Å². The Hall–Kier alpha value is -3.27. The SMILES string of the molecule is COCC(=O)Nc1ccc(N2C(=S)N[C@@H](c3ccccn3)[C@@H]2c2cccn2C[C@@H]2CCCO2)cc1C. The van der Waals surface area contributed by atoms with E-state index in [0.717, 1.165) is 54.3 Å². The number of rotatable bonds is 8. The molecule has 2 aliphatic heterocycles. The second-order valence-electron chi connectivity index (χ2n) is 9.20. The Morgan fingerprint density at radius 1 is 1.28 bits per heavy atom. The van der Waals surface area contributed by atoms with E-state index < -0.39 is 0 Å². The molecule has 0 spiro atoms. The molecule has 188 valence electrons. The number of amides is 1. The Balaban J connectivity index is 1.51. The molecule has 1 aromatic carbocycles. The lowest BCUT2D eigenvalue weighted by atomic mass is 10.0. The number of anilines is 2. The highest BCUT2D eigenvalue weighted by Crippen LogP contribution is 2.42. The van der Waals surface area contributed by atoms with Crippen LogP contribution in [0.5, 0.6) is 0 Å². The standard InChI is InChI=1S/C27H31N5O3S/c1-18-15-19(10-11-21(18)29-24(33)17-34-2)32-26(25(30-27(32)36)22-8-3-4-12-28-22)23-9-5-13-31(23)16-20-7-6-14-35-20/h3-5,8-13,15,20,25-26H,6-7,14,16-17H2,1-2H3,(H,29,33)(H,30,36)/t20-,25-,26-/m0/s1. The summed E-state index contributed by atoms with van der Waals surface area (Å²) in [6.45, 7) is 3.62. The van der Waals surface area contributed by atoms with Crippen LogP contribution in [0.4, 0.5) is 11.4 Å². The number of thiocarbonyl (C=S) groups is 1. The van der Waals surface area contributed by atoms with Gasteiger partial charge in [0.1, 0.15) is 12.6 Å². The van der Waals surface area contributed by atoms with Crippen molar-refractivity contribution in [3.05, 3.63) is 77.9 Å². The van der Waals surface area contributed by atoms with Gasteiger partial charge in [-0.1, -0.05) is 6.07 Å². The van der Waals surface area contributed by atoms with E-state index in [2.05, 4.69) is 49.5 Å². The summed E-state index contributed by atoms with van der Waals surface area (Å²) in [7, 11) is 1.50. The third-order valence-electron chi connectivity index (χ3n) is 6.73. The monoisotopic (exact) mass is 505 g/mol. The second kappa shape index (κ2) is 10.8. The predicted molar refractivity (Wildman–Crippen MR) is 143 cm³/mol. The van der Waals surface area contributed by atoms with E-state index in [9.17, 15) is 4.79 Å². The van der Waals surface area contributed by atoms with Crippen LogP contribution in [0, 0.1) is 6.92 Å². The van der Waals surface area contributed by atoms with Crippen LogP contribution in [0.1, 0.15) is 41.9 Å². The van der Waals surface area contributed by atoms with Gasteiger partial charge in [0.15, 0.2) is 5.11 Å². The quantitative estimate of drug-likeness (QED) is 0.446. The van der Waals surface area contributed by atoms with Gasteiger partial charge in [-0.15, -0.1) is 0 Å². The van der Waals surface area contributed by atoms with Gasteiger partial charge in [-0.3, -0.25) is 9.78 Å². The molecular formula is C27H31N5O3S. The van der Waals surface area contributed by atoms with E-state index in [-0.39, 0.29) is 30.7 Å². The molecule has 0 bridgehead atoms. The normalized spacial score (nSPS) is 21.6. The van der Waals surface area contributed by atoms with Crippen LogP contribution in [0.3, 0.4) is 0 Å². The zero-order valence-electron chi connectivity index (χ0n) is 20.5. The van der Waals surface area contributed by atoms with Crippen molar-refractivity contribution in [2.24, 2.45) is 0 Å². The van der Waals surface area contributed by atoms with Crippen molar-refractivity contribution in [2.45, 2.75) is 44.5 Å². The second-order valence-corrected chi connectivity index (χ2v) is 9.58. The summed E-state index contributed by atoms with van der Waals surface area (Å²) in [6.07, 6.45) is 6.32. The molecule has 3 aromatic rings. The van der Waals surface area contributed by atoms with Crippen LogP contribution in [-0.4, -0.2) is 47.0 Å². The highest BCUT2D eigenvalue weighted by molar-refractivity contribution is 7.80. The van der Waals surface area contributed by atoms with Gasteiger partial charge in [0.2, 0.25) is 5.91 Å². The van der Waals surface area contributed by atoms with E-state index in [1.807, 2.05) is 43.5 Å². The first-order valence-corrected chi connectivity index (χ1v) is 12.6. The molecule has 36 heavy (non-hydrogen) atoms. The van der Waals surface area contributed by atoms with Gasteiger partial charge >= 0.3 is 0 Å². The molecule has 5 rings (SSSR count). The van der Waals surface area contributed by atoms with E-state index in [0.29, 0.717) is 5.11 Å². The Labute approximate surface area is 216 Å². The molecule has 0 radical (unpaired) electrons. The first kappa shape index (κ1) is 24.4. The van der Waals surface area contributed by atoms with Crippen LogP contribution in [0.2, 0.25) is 0 Å². The Morgan fingerprint density at radius 3 is 2.89 bits per heavy atom. The van der Waals surface area contributed by atoms with Gasteiger partial charge in [0, 0.05) is 49.7 Å². The minimum Gasteiger partial charge on any atom is -0.376 e. The number of nitrogens with one attached hydrogen (secondary N) is 2. The highest BCUT2D eigenvalue weighted by atomic mass is 32.1. The topological polar surface area (TPSA) is 80.7 Å². The maximum Gasteiger partial charge on any atom is 0.250 e. The average Bonchev–Trinajstić information content (AvgIpc) is 3.62. The molecule has 2 N–H and O–H groups in total. The van der Waals surface area contributed by atoms with Crippen LogP contribution in [0.25, 0.3) is 0 Å². The fourth-order valence-corrected chi connectivity index (χ4v) is 5.40. The maximum absolute atomic E-state index is 12.0. The molecule has 2 fully saturated rings. The summed E-state index contributed by atoms with van der Waals surface area (Å²) >= 11 is 5.88. The van der Waals surface area contributed by atoms with Crippen LogP contribution in [0.15, 0.2) is 60.9 Å². The third kappa shape index (κ3) is 5.00. The number of hydrogen-bond donors (Lipinski definition) is 2. The lowest BCUT2D eigenvalue weighted by molar-refractivity contribution is -0.119. The van der Waals surface area contributed by atoms with Gasteiger partial charge in [0.25, 0.3) is 0 Å². The van der Waals surface area contributed by atoms with Crippen LogP contribution < -0.4 is 15.5 Å². The Bertz CT molecular complexity index is 1230. The molecule has 2 aliphatic rings. The van der Waals surface area contributed by atoms with Crippen molar-refractivity contribution in [3.63, 3.8) is 0 Å². The minimum absolute atomic E-state index is 0.0108. The zero-order valence-corrected chi connectivity index (χ0v) is 21.3. The van der Waals surface area contributed by atoms with Crippen molar-refractivity contribution in [2.75, 3.05) is 30.5 Å². The van der Waals surface area contributed by atoms with Crippen molar-refractivity contribution in [1.29, 1.82) is 0 Å². The van der Waals surface area contributed by atoms with E-state index in [4.69, 9.17) is 21.7 Å². The summed E-state index contributed by atoms with van der Waals surface area (Å²) in [5, 5.41) is 7.06. The molecule has 0 saturated carbocycles. The van der Waals surface area contributed by atoms with E-state index in [1.165, 1.54) is 7.11 Å². The van der Waals surface area contributed by atoms with Gasteiger partial charge in [-0.2, -0.15) is 0 Å². The third-order valence-corrected chi connectivity index (χ3v) is 7.04. The van der Waals surface area contributed by atoms with Gasteiger partial charge in [-0.05, 0) is 80.0 Å². The van der Waals surface area contributed by atoms with Crippen molar-refractivity contribution in [3.8, 4) is 0 Å². The fraction of sp³-hybridized carbons (Fsp3) is 0.370. The first-order valence-electron chi connectivity index (χ1n) is 12.2. The smallest absolute Gasteiger partial charge is 0.250 e. The summed E-state index contributed by atoms with van der Waals surface area (Å²) in [6, 6.07) is 15.9. The highest BCUT2D eigenvalue weighted by Gasteiger charge is 2.42. The number of ether oxygens (including phenoxy) is 2. The molecule has 8 nitrogen and oxygen atoms in total. The lowest BCUT2D eigenvalue weighted by Gasteiger charge is -2.30. The molecule has 3 atom stereocenters. The number of carbonyl (C=O) groups is 1. The molecular weight excluding hydrogens is 474 g/mol. The maximum atomic E-state index is 12.0. The lowest BCUT2D eigenvalue weighted by Crippen LogP contribution is -2.31. The summed E-state index contributed by atoms with van der Waals surface area (Å²) in [4.78, 5) is 18.9. The number of methoxy groups -OCH3 is 1. The van der Waals surface area contributed by atoms with Crippen molar-refractivity contribution in [1.82, 2.24) is 14.9 Å². The molecule has 1 amide bonds. The Morgan fingerprint density at radius 2 is 2.17 bits per heavy atom. The van der Waals surface area contributed by atoms with E-state index >= 15 is 0 Å². The molecule has 9 heteroatoms. The predicted octanol–water partition coefficient (Wildman–Crippen LogP) is 4.13. The molecule has 2 saturated heterocycles. The largest absolute Gasteiger partial charge is 0.376 e. The number of aromatic nitrogens is 2. The Kier molecular flexibility index (Phi) is 7.31. The summed E-state index contributed by atoms with van der Waals surface area (Å²) < 4.78 is 13.2. The summed E-state index contributed by atoms with van der Waals surface area (Å²) in [5.41, 5.74) is 4.71. The number of benzene rings is 1. The molecule has 0 aliphatic carbocycles. The van der Waals surface area contributed by atoms with Crippen molar-refractivity contribution >= 4 is 34.6 Å². The number of pyridine rings is 1. The average molecular weight is 506 g/mol. The molecule has 0 unspecified atom stereocenters. The van der Waals surface area contributed by atoms with Crippen LogP contribution in [-0.2, 0) is 20.8 Å². The zero-order chi connectivity index (χ0) is 25.1. The fourth-order valence-electron chi connectivity index (χ4n) is 5.06.